The topological polar surface area (TPSA) is 95.2 Å². The van der Waals surface area contributed by atoms with Crippen molar-refractivity contribution >= 4 is 43.4 Å². The van der Waals surface area contributed by atoms with Gasteiger partial charge >= 0.3 is 5.97 Å². The molecule has 2 aromatic heterocycles. The first-order valence-electron chi connectivity index (χ1n) is 6.26. The van der Waals surface area contributed by atoms with E-state index >= 15 is 0 Å². The molecular formula is C14H11N3O3S. The summed E-state index contributed by atoms with van der Waals surface area (Å²) in [5.74, 6) is -0.399. The third-order valence-corrected chi connectivity index (χ3v) is 3.92. The van der Waals surface area contributed by atoms with Crippen molar-refractivity contribution in [2.24, 2.45) is 0 Å². The minimum Gasteiger partial charge on any atom is -0.462 e. The molecule has 0 saturated carbocycles. The van der Waals surface area contributed by atoms with E-state index in [1.165, 1.54) is 17.5 Å². The number of benzene rings is 1. The summed E-state index contributed by atoms with van der Waals surface area (Å²) in [5.41, 5.74) is 6.28. The highest BCUT2D eigenvalue weighted by atomic mass is 32.1. The number of aromatic nitrogens is 2. The number of rotatable bonds is 2. The van der Waals surface area contributed by atoms with Gasteiger partial charge in [-0.05, 0) is 19.1 Å². The van der Waals surface area contributed by atoms with Crippen LogP contribution in [0.4, 0.5) is 5.13 Å². The lowest BCUT2D eigenvalue weighted by Gasteiger charge is -2.05. The Morgan fingerprint density at radius 1 is 1.38 bits per heavy atom. The molecule has 6 nitrogen and oxygen atoms in total. The highest BCUT2D eigenvalue weighted by Gasteiger charge is 2.11. The number of fused-ring (bicyclic) bond motifs is 3. The molecular weight excluding hydrogens is 290 g/mol. The summed E-state index contributed by atoms with van der Waals surface area (Å²) in [7, 11) is 0. The van der Waals surface area contributed by atoms with Gasteiger partial charge in [0.1, 0.15) is 0 Å². The van der Waals surface area contributed by atoms with E-state index < -0.39 is 11.5 Å². The smallest absolute Gasteiger partial charge is 0.338 e. The number of nitrogens with zero attached hydrogens (tertiary/aromatic N) is 2. The minimum absolute atomic E-state index is 0.203. The SMILES string of the molecule is CCOC(=O)c1ccc2c(c1)ncc1c(=O)nc(N)sc12. The van der Waals surface area contributed by atoms with Crippen molar-refractivity contribution in [3.63, 3.8) is 0 Å². The fourth-order valence-electron chi connectivity index (χ4n) is 2.06. The molecule has 3 aromatic rings. The van der Waals surface area contributed by atoms with Crippen molar-refractivity contribution in [2.75, 3.05) is 12.3 Å². The summed E-state index contributed by atoms with van der Waals surface area (Å²) >= 11 is 1.22. The number of esters is 1. The zero-order valence-corrected chi connectivity index (χ0v) is 11.9. The van der Waals surface area contributed by atoms with Gasteiger partial charge in [0.05, 0.1) is 27.8 Å². The number of hydrogen-bond donors (Lipinski definition) is 1. The van der Waals surface area contributed by atoms with E-state index in [1.807, 2.05) is 0 Å². The van der Waals surface area contributed by atoms with Gasteiger partial charge in [-0.2, -0.15) is 4.98 Å². The standard InChI is InChI=1S/C14H11N3O3S/c1-2-20-13(19)7-3-4-8-10(5-7)16-6-9-11(8)21-14(15)17-12(9)18/h3-6H,2H2,1H3,(H2,15,17,18). The maximum absolute atomic E-state index is 11.8. The molecule has 2 N–H and O–H groups in total. The number of carbonyl (C=O) groups excluding carboxylic acids is 1. The van der Waals surface area contributed by atoms with Crippen LogP contribution in [-0.2, 0) is 4.74 Å². The highest BCUT2D eigenvalue weighted by molar-refractivity contribution is 7.22. The van der Waals surface area contributed by atoms with Crippen LogP contribution in [0.15, 0.2) is 29.2 Å². The van der Waals surface area contributed by atoms with Gasteiger partial charge in [0.15, 0.2) is 5.13 Å². The number of nitrogens with two attached hydrogens (primary N) is 1. The fourth-order valence-corrected chi connectivity index (χ4v) is 2.93. The van der Waals surface area contributed by atoms with Gasteiger partial charge in [0, 0.05) is 11.6 Å². The molecule has 0 bridgehead atoms. The van der Waals surface area contributed by atoms with Crippen LogP contribution in [0.2, 0.25) is 0 Å². The van der Waals surface area contributed by atoms with E-state index in [0.29, 0.717) is 27.8 Å². The van der Waals surface area contributed by atoms with Crippen LogP contribution in [0.3, 0.4) is 0 Å². The van der Waals surface area contributed by atoms with Gasteiger partial charge in [-0.3, -0.25) is 9.78 Å². The molecule has 2 heterocycles. The van der Waals surface area contributed by atoms with Crippen LogP contribution < -0.4 is 11.3 Å². The molecule has 0 aliphatic heterocycles. The van der Waals surface area contributed by atoms with Crippen molar-refractivity contribution in [2.45, 2.75) is 6.92 Å². The monoisotopic (exact) mass is 301 g/mol. The van der Waals surface area contributed by atoms with Crippen LogP contribution in [0.25, 0.3) is 21.0 Å². The second-order valence-electron chi connectivity index (χ2n) is 4.31. The molecule has 0 radical (unpaired) electrons. The molecule has 21 heavy (non-hydrogen) atoms. The Kier molecular flexibility index (Phi) is 3.26. The van der Waals surface area contributed by atoms with Gasteiger partial charge in [0.25, 0.3) is 5.56 Å². The molecule has 0 aliphatic carbocycles. The Balaban J connectivity index is 2.28. The molecule has 7 heteroatoms. The number of hydrogen-bond acceptors (Lipinski definition) is 7. The second kappa shape index (κ2) is 5.10. The van der Waals surface area contributed by atoms with Gasteiger partial charge in [-0.15, -0.1) is 0 Å². The lowest BCUT2D eigenvalue weighted by atomic mass is 10.1. The third-order valence-electron chi connectivity index (χ3n) is 2.98. The van der Waals surface area contributed by atoms with Crippen LogP contribution >= 0.6 is 11.3 Å². The van der Waals surface area contributed by atoms with Crippen LogP contribution in [0.5, 0.6) is 0 Å². The number of anilines is 1. The Labute approximate surface area is 123 Å². The maximum Gasteiger partial charge on any atom is 0.338 e. The first-order valence-corrected chi connectivity index (χ1v) is 7.08. The summed E-state index contributed by atoms with van der Waals surface area (Å²) in [4.78, 5) is 31.5. The van der Waals surface area contributed by atoms with Crippen LogP contribution in [-0.4, -0.2) is 22.5 Å². The molecule has 1 aromatic carbocycles. The molecule has 0 spiro atoms. The predicted molar refractivity (Wildman–Crippen MR) is 81.6 cm³/mol. The summed E-state index contributed by atoms with van der Waals surface area (Å²) in [6.45, 7) is 2.06. The fraction of sp³-hybridized carbons (Fsp3) is 0.143. The normalized spacial score (nSPS) is 10.9. The third kappa shape index (κ3) is 2.31. The van der Waals surface area contributed by atoms with Crippen molar-refractivity contribution in [1.82, 2.24) is 9.97 Å². The van der Waals surface area contributed by atoms with Crippen molar-refractivity contribution in [3.8, 4) is 0 Å². The van der Waals surface area contributed by atoms with Crippen molar-refractivity contribution in [3.05, 3.63) is 40.3 Å². The molecule has 0 saturated heterocycles. The molecule has 0 unspecified atom stereocenters. The Morgan fingerprint density at radius 2 is 2.19 bits per heavy atom. The first kappa shape index (κ1) is 13.4. The zero-order valence-electron chi connectivity index (χ0n) is 11.1. The van der Waals surface area contributed by atoms with E-state index in [1.54, 1.807) is 25.1 Å². The lowest BCUT2D eigenvalue weighted by Crippen LogP contribution is -2.08. The van der Waals surface area contributed by atoms with Gasteiger partial charge in [-0.1, -0.05) is 17.4 Å². The largest absolute Gasteiger partial charge is 0.462 e. The summed E-state index contributed by atoms with van der Waals surface area (Å²) in [5, 5.41) is 1.39. The Bertz CT molecular complexity index is 920. The molecule has 0 atom stereocenters. The second-order valence-corrected chi connectivity index (χ2v) is 5.34. The molecule has 106 valence electrons. The maximum atomic E-state index is 11.8. The van der Waals surface area contributed by atoms with Gasteiger partial charge in [0.2, 0.25) is 0 Å². The highest BCUT2D eigenvalue weighted by Crippen LogP contribution is 2.27. The number of nitrogen functional groups attached to an aromatic ring is 1. The lowest BCUT2D eigenvalue weighted by molar-refractivity contribution is 0.0526. The molecule has 0 aliphatic rings. The van der Waals surface area contributed by atoms with E-state index in [-0.39, 0.29) is 5.13 Å². The predicted octanol–water partition coefficient (Wildman–Crippen LogP) is 1.96. The van der Waals surface area contributed by atoms with E-state index in [2.05, 4.69) is 9.97 Å². The number of ether oxygens (including phenoxy) is 1. The summed E-state index contributed by atoms with van der Waals surface area (Å²) in [6, 6.07) is 5.03. The summed E-state index contributed by atoms with van der Waals surface area (Å²) in [6.07, 6.45) is 1.46. The Hall–Kier alpha value is -2.54. The van der Waals surface area contributed by atoms with Crippen molar-refractivity contribution < 1.29 is 9.53 Å². The van der Waals surface area contributed by atoms with Crippen molar-refractivity contribution in [1.29, 1.82) is 0 Å². The van der Waals surface area contributed by atoms with Crippen LogP contribution in [0.1, 0.15) is 17.3 Å². The van der Waals surface area contributed by atoms with E-state index in [9.17, 15) is 9.59 Å². The zero-order chi connectivity index (χ0) is 15.0. The summed E-state index contributed by atoms with van der Waals surface area (Å²) < 4.78 is 5.67. The Morgan fingerprint density at radius 3 is 2.95 bits per heavy atom. The average molecular weight is 301 g/mol. The van der Waals surface area contributed by atoms with Gasteiger partial charge in [-0.25, -0.2) is 4.79 Å². The number of carbonyl (C=O) groups is 1. The van der Waals surface area contributed by atoms with Crippen LogP contribution in [0, 0.1) is 0 Å². The first-order chi connectivity index (χ1) is 10.1. The number of pyridine rings is 1. The minimum atomic E-state index is -0.399. The van der Waals surface area contributed by atoms with E-state index in [4.69, 9.17) is 10.5 Å². The molecule has 3 rings (SSSR count). The van der Waals surface area contributed by atoms with Gasteiger partial charge < -0.3 is 10.5 Å². The molecule has 0 amide bonds. The quantitative estimate of drug-likeness (QED) is 0.574. The van der Waals surface area contributed by atoms with E-state index in [0.717, 1.165) is 5.39 Å². The molecule has 0 fully saturated rings. The average Bonchev–Trinajstić information content (AvgIpc) is 2.46.